The molecule has 1 aliphatic heterocycles. The molecule has 1 aromatic rings. The first-order chi connectivity index (χ1) is 6.16. The number of aryl methyl sites for hydroxylation is 1. The van der Waals surface area contributed by atoms with Crippen molar-refractivity contribution in [3.63, 3.8) is 0 Å². The van der Waals surface area contributed by atoms with Gasteiger partial charge in [-0.2, -0.15) is 0 Å². The highest BCUT2D eigenvalue weighted by molar-refractivity contribution is 5.56. The van der Waals surface area contributed by atoms with Gasteiger partial charge in [-0.3, -0.25) is 0 Å². The zero-order chi connectivity index (χ0) is 9.42. The molecule has 1 nitrogen and oxygen atoms in total. The van der Waals surface area contributed by atoms with E-state index in [0.717, 1.165) is 0 Å². The number of fused-ring (bicyclic) bond motifs is 1. The maximum absolute atomic E-state index is 3.52. The molecule has 2 atom stereocenters. The molecule has 0 aromatic heterocycles. The van der Waals surface area contributed by atoms with Gasteiger partial charge in [0.05, 0.1) is 0 Å². The summed E-state index contributed by atoms with van der Waals surface area (Å²) in [5, 5.41) is 3.52. The fraction of sp³-hybridized carbons (Fsp3) is 0.500. The first kappa shape index (κ1) is 8.61. The molecule has 1 N–H and O–H groups in total. The monoisotopic (exact) mass is 175 g/mol. The van der Waals surface area contributed by atoms with Crippen LogP contribution in [-0.2, 0) is 0 Å². The predicted octanol–water partition coefficient (Wildman–Crippen LogP) is 3.30. The molecule has 0 bridgehead atoms. The zero-order valence-electron chi connectivity index (χ0n) is 8.59. The number of nitrogens with one attached hydrogen (secondary N) is 1. The number of rotatable bonds is 0. The number of hydrogen-bond donors (Lipinski definition) is 1. The van der Waals surface area contributed by atoms with Crippen molar-refractivity contribution < 1.29 is 0 Å². The van der Waals surface area contributed by atoms with Crippen molar-refractivity contribution in [2.24, 2.45) is 0 Å². The Morgan fingerprint density at radius 3 is 2.85 bits per heavy atom. The third-order valence-corrected chi connectivity index (χ3v) is 2.85. The minimum Gasteiger partial charge on any atom is -0.382 e. The molecule has 13 heavy (non-hydrogen) atoms. The zero-order valence-corrected chi connectivity index (χ0v) is 8.59. The molecule has 1 aliphatic rings. The van der Waals surface area contributed by atoms with Gasteiger partial charge < -0.3 is 5.32 Å². The smallest absolute Gasteiger partial charge is 0.0377 e. The summed E-state index contributed by atoms with van der Waals surface area (Å²) in [6, 6.07) is 7.30. The minimum atomic E-state index is 0.616. The van der Waals surface area contributed by atoms with Crippen molar-refractivity contribution in [1.29, 1.82) is 0 Å². The van der Waals surface area contributed by atoms with Crippen molar-refractivity contribution in [3.05, 3.63) is 29.3 Å². The summed E-state index contributed by atoms with van der Waals surface area (Å²) in [7, 11) is 0. The quantitative estimate of drug-likeness (QED) is 0.638. The van der Waals surface area contributed by atoms with E-state index in [4.69, 9.17) is 0 Å². The van der Waals surface area contributed by atoms with E-state index in [2.05, 4.69) is 44.3 Å². The normalized spacial score (nSPS) is 26.4. The summed E-state index contributed by atoms with van der Waals surface area (Å²) in [4.78, 5) is 0. The summed E-state index contributed by atoms with van der Waals surface area (Å²) < 4.78 is 0. The van der Waals surface area contributed by atoms with Gasteiger partial charge in [-0.25, -0.2) is 0 Å². The lowest BCUT2D eigenvalue weighted by atomic mass is 9.88. The van der Waals surface area contributed by atoms with E-state index in [9.17, 15) is 0 Å². The van der Waals surface area contributed by atoms with Crippen molar-refractivity contribution >= 4 is 5.69 Å². The average molecular weight is 175 g/mol. The van der Waals surface area contributed by atoms with E-state index in [0.29, 0.717) is 12.0 Å². The van der Waals surface area contributed by atoms with Crippen molar-refractivity contribution in [2.75, 3.05) is 5.32 Å². The fourth-order valence-corrected chi connectivity index (χ4v) is 2.20. The summed E-state index contributed by atoms with van der Waals surface area (Å²) in [6.07, 6.45) is 1.25. The summed E-state index contributed by atoms with van der Waals surface area (Å²) in [5.41, 5.74) is 4.18. The van der Waals surface area contributed by atoms with Crippen LogP contribution in [0.5, 0.6) is 0 Å². The molecule has 0 saturated heterocycles. The highest BCUT2D eigenvalue weighted by Crippen LogP contribution is 2.34. The van der Waals surface area contributed by atoms with Crippen LogP contribution in [0.15, 0.2) is 18.2 Å². The molecule has 1 heterocycles. The van der Waals surface area contributed by atoms with Crippen LogP contribution < -0.4 is 5.32 Å². The Bertz CT molecular complexity index is 317. The SMILES string of the molecule is Cc1ccc2c(c1)[C@H](C)C[C@H](C)N2. The van der Waals surface area contributed by atoms with E-state index < -0.39 is 0 Å². The maximum Gasteiger partial charge on any atom is 0.0377 e. The summed E-state index contributed by atoms with van der Waals surface area (Å²) in [6.45, 7) is 6.72. The molecule has 0 aliphatic carbocycles. The molecule has 0 amide bonds. The van der Waals surface area contributed by atoms with Crippen LogP contribution >= 0.6 is 0 Å². The average Bonchev–Trinajstić information content (AvgIpc) is 2.06. The fourth-order valence-electron chi connectivity index (χ4n) is 2.20. The van der Waals surface area contributed by atoms with E-state index in [1.54, 1.807) is 0 Å². The molecule has 1 heteroatoms. The molecule has 2 rings (SSSR count). The van der Waals surface area contributed by atoms with Crippen LogP contribution in [-0.4, -0.2) is 6.04 Å². The van der Waals surface area contributed by atoms with Gasteiger partial charge in [0.1, 0.15) is 0 Å². The number of anilines is 1. The molecular weight excluding hydrogens is 158 g/mol. The van der Waals surface area contributed by atoms with Gasteiger partial charge in [-0.05, 0) is 37.8 Å². The Kier molecular flexibility index (Phi) is 2.03. The summed E-state index contributed by atoms with van der Waals surface area (Å²) in [5.74, 6) is 0.700. The molecular formula is C12H17N. The van der Waals surface area contributed by atoms with Gasteiger partial charge in [-0.15, -0.1) is 0 Å². The number of benzene rings is 1. The first-order valence-corrected chi connectivity index (χ1v) is 5.04. The van der Waals surface area contributed by atoms with E-state index in [-0.39, 0.29) is 0 Å². The minimum absolute atomic E-state index is 0.616. The Morgan fingerprint density at radius 2 is 2.08 bits per heavy atom. The van der Waals surface area contributed by atoms with Gasteiger partial charge in [-0.1, -0.05) is 24.6 Å². The van der Waals surface area contributed by atoms with Crippen molar-refractivity contribution in [3.8, 4) is 0 Å². The second-order valence-electron chi connectivity index (χ2n) is 4.27. The predicted molar refractivity (Wildman–Crippen MR) is 57.3 cm³/mol. The molecule has 70 valence electrons. The number of hydrogen-bond acceptors (Lipinski definition) is 1. The molecule has 0 spiro atoms. The lowest BCUT2D eigenvalue weighted by Crippen LogP contribution is -2.24. The molecule has 0 unspecified atom stereocenters. The second kappa shape index (κ2) is 3.06. The van der Waals surface area contributed by atoms with E-state index >= 15 is 0 Å². The standard InChI is InChI=1S/C12H17N/c1-8-4-5-12-11(6-8)9(2)7-10(3)13-12/h4-6,9-10,13H,7H2,1-3H3/t9-,10+/m1/s1. The van der Waals surface area contributed by atoms with Crippen LogP contribution in [0.3, 0.4) is 0 Å². The van der Waals surface area contributed by atoms with Crippen molar-refractivity contribution in [2.45, 2.75) is 39.2 Å². The van der Waals surface area contributed by atoms with Gasteiger partial charge in [0.15, 0.2) is 0 Å². The third-order valence-electron chi connectivity index (χ3n) is 2.85. The maximum atomic E-state index is 3.52. The largest absolute Gasteiger partial charge is 0.382 e. The van der Waals surface area contributed by atoms with Crippen LogP contribution in [0, 0.1) is 6.92 Å². The first-order valence-electron chi connectivity index (χ1n) is 5.04. The molecule has 0 fully saturated rings. The summed E-state index contributed by atoms with van der Waals surface area (Å²) >= 11 is 0. The van der Waals surface area contributed by atoms with E-state index in [1.165, 1.54) is 23.2 Å². The Hall–Kier alpha value is -0.980. The third kappa shape index (κ3) is 1.55. The van der Waals surface area contributed by atoms with Gasteiger partial charge >= 0.3 is 0 Å². The highest BCUT2D eigenvalue weighted by atomic mass is 14.9. The molecule has 1 aromatic carbocycles. The Labute approximate surface area is 80.2 Å². The van der Waals surface area contributed by atoms with Crippen LogP contribution in [0.4, 0.5) is 5.69 Å². The lowest BCUT2D eigenvalue weighted by Gasteiger charge is -2.29. The van der Waals surface area contributed by atoms with Gasteiger partial charge in [0.2, 0.25) is 0 Å². The van der Waals surface area contributed by atoms with E-state index in [1.807, 2.05) is 0 Å². The molecule has 0 radical (unpaired) electrons. The highest BCUT2D eigenvalue weighted by Gasteiger charge is 2.19. The van der Waals surface area contributed by atoms with Gasteiger partial charge in [0.25, 0.3) is 0 Å². The van der Waals surface area contributed by atoms with Crippen LogP contribution in [0.2, 0.25) is 0 Å². The molecule has 0 saturated carbocycles. The van der Waals surface area contributed by atoms with Crippen LogP contribution in [0.25, 0.3) is 0 Å². The second-order valence-corrected chi connectivity index (χ2v) is 4.27. The topological polar surface area (TPSA) is 12.0 Å². The Morgan fingerprint density at radius 1 is 1.31 bits per heavy atom. The van der Waals surface area contributed by atoms with Crippen molar-refractivity contribution in [1.82, 2.24) is 0 Å². The van der Waals surface area contributed by atoms with Gasteiger partial charge in [0, 0.05) is 11.7 Å². The Balaban J connectivity index is 2.43. The lowest BCUT2D eigenvalue weighted by molar-refractivity contribution is 0.589. The van der Waals surface area contributed by atoms with Crippen LogP contribution in [0.1, 0.15) is 37.3 Å².